The molecule has 0 bridgehead atoms. The molecular formula is C16H15ClO. The molecule has 0 aliphatic heterocycles. The second kappa shape index (κ2) is 5.85. The smallest absolute Gasteiger partial charge is 0.0690 e. The fraction of sp³-hybridized carbons (Fsp3) is 0.125. The highest BCUT2D eigenvalue weighted by molar-refractivity contribution is 6.30. The van der Waals surface area contributed by atoms with Crippen LogP contribution in [0.15, 0.2) is 42.5 Å². The molecule has 92 valence electrons. The molecule has 2 rings (SSSR count). The van der Waals surface area contributed by atoms with E-state index in [1.165, 1.54) is 0 Å². The molecular weight excluding hydrogens is 244 g/mol. The molecule has 18 heavy (non-hydrogen) atoms. The summed E-state index contributed by atoms with van der Waals surface area (Å²) in [6.07, 6.45) is 4.03. The van der Waals surface area contributed by atoms with Gasteiger partial charge in [0.2, 0.25) is 0 Å². The van der Waals surface area contributed by atoms with Gasteiger partial charge in [-0.25, -0.2) is 0 Å². The van der Waals surface area contributed by atoms with E-state index in [1.54, 1.807) is 0 Å². The van der Waals surface area contributed by atoms with Crippen LogP contribution in [0.1, 0.15) is 22.3 Å². The molecule has 0 spiro atoms. The van der Waals surface area contributed by atoms with Gasteiger partial charge in [0.25, 0.3) is 0 Å². The van der Waals surface area contributed by atoms with Crippen LogP contribution in [0.3, 0.4) is 0 Å². The summed E-state index contributed by atoms with van der Waals surface area (Å²) in [6.45, 7) is 2.07. The molecule has 2 aromatic rings. The zero-order chi connectivity index (χ0) is 13.0. The van der Waals surface area contributed by atoms with Gasteiger partial charge in [-0.2, -0.15) is 0 Å². The van der Waals surface area contributed by atoms with Crippen molar-refractivity contribution in [1.29, 1.82) is 0 Å². The first-order chi connectivity index (χ1) is 8.70. The quantitative estimate of drug-likeness (QED) is 0.814. The zero-order valence-corrected chi connectivity index (χ0v) is 11.0. The Balaban J connectivity index is 2.28. The Bertz CT molecular complexity index is 556. The van der Waals surface area contributed by atoms with Gasteiger partial charge in [0.15, 0.2) is 0 Å². The van der Waals surface area contributed by atoms with E-state index in [-0.39, 0.29) is 6.61 Å². The van der Waals surface area contributed by atoms with E-state index in [2.05, 4.69) is 0 Å². The maximum atomic E-state index is 9.38. The van der Waals surface area contributed by atoms with Gasteiger partial charge < -0.3 is 5.11 Å². The largest absolute Gasteiger partial charge is 0.392 e. The summed E-state index contributed by atoms with van der Waals surface area (Å²) < 4.78 is 0. The van der Waals surface area contributed by atoms with Crippen molar-refractivity contribution in [1.82, 2.24) is 0 Å². The van der Waals surface area contributed by atoms with Gasteiger partial charge in [-0.1, -0.05) is 54.1 Å². The lowest BCUT2D eigenvalue weighted by molar-refractivity contribution is 0.281. The summed E-state index contributed by atoms with van der Waals surface area (Å²) in [4.78, 5) is 0. The molecule has 0 atom stereocenters. The molecule has 0 fully saturated rings. The van der Waals surface area contributed by atoms with Crippen molar-refractivity contribution in [2.75, 3.05) is 0 Å². The van der Waals surface area contributed by atoms with E-state index < -0.39 is 0 Å². The molecule has 2 heteroatoms. The van der Waals surface area contributed by atoms with E-state index in [9.17, 15) is 5.11 Å². The fourth-order valence-corrected chi connectivity index (χ4v) is 1.98. The average molecular weight is 259 g/mol. The Kier molecular flexibility index (Phi) is 4.19. The lowest BCUT2D eigenvalue weighted by Crippen LogP contribution is -1.92. The number of aryl methyl sites for hydroxylation is 1. The van der Waals surface area contributed by atoms with Crippen LogP contribution in [-0.2, 0) is 6.61 Å². The van der Waals surface area contributed by atoms with Gasteiger partial charge in [0, 0.05) is 5.02 Å². The predicted octanol–water partition coefficient (Wildman–Crippen LogP) is 4.31. The number of rotatable bonds is 3. The zero-order valence-electron chi connectivity index (χ0n) is 10.2. The topological polar surface area (TPSA) is 20.2 Å². The SMILES string of the molecule is Cc1cccc(/C=C/c2ccc(Cl)cc2)c1CO. The van der Waals surface area contributed by atoms with E-state index in [0.717, 1.165) is 27.3 Å². The lowest BCUT2D eigenvalue weighted by Gasteiger charge is -2.06. The molecule has 0 heterocycles. The van der Waals surface area contributed by atoms with Crippen LogP contribution in [0.4, 0.5) is 0 Å². The molecule has 0 saturated carbocycles. The van der Waals surface area contributed by atoms with Crippen LogP contribution in [0.5, 0.6) is 0 Å². The normalized spacial score (nSPS) is 11.1. The third-order valence-corrected chi connectivity index (χ3v) is 3.18. The molecule has 0 unspecified atom stereocenters. The second-order valence-electron chi connectivity index (χ2n) is 4.19. The van der Waals surface area contributed by atoms with Crippen LogP contribution in [0.2, 0.25) is 5.02 Å². The molecule has 0 radical (unpaired) electrons. The Labute approximate surface area is 112 Å². The average Bonchev–Trinajstić information content (AvgIpc) is 2.38. The van der Waals surface area contributed by atoms with Crippen LogP contribution in [0, 0.1) is 6.92 Å². The number of benzene rings is 2. The molecule has 1 N–H and O–H groups in total. The van der Waals surface area contributed by atoms with Gasteiger partial charge in [-0.15, -0.1) is 0 Å². The summed E-state index contributed by atoms with van der Waals surface area (Å²) in [7, 11) is 0. The van der Waals surface area contributed by atoms with Crippen LogP contribution in [0.25, 0.3) is 12.2 Å². The Hall–Kier alpha value is -1.57. The number of halogens is 1. The molecule has 2 aromatic carbocycles. The first-order valence-corrected chi connectivity index (χ1v) is 6.21. The van der Waals surface area contributed by atoms with Crippen molar-refractivity contribution in [2.24, 2.45) is 0 Å². The number of hydrogen-bond acceptors (Lipinski definition) is 1. The molecule has 0 saturated heterocycles. The van der Waals surface area contributed by atoms with E-state index >= 15 is 0 Å². The minimum atomic E-state index is 0.0625. The lowest BCUT2D eigenvalue weighted by atomic mass is 10.0. The van der Waals surface area contributed by atoms with Crippen LogP contribution < -0.4 is 0 Å². The minimum Gasteiger partial charge on any atom is -0.392 e. The highest BCUT2D eigenvalue weighted by atomic mass is 35.5. The third-order valence-electron chi connectivity index (χ3n) is 2.93. The predicted molar refractivity (Wildman–Crippen MR) is 77.5 cm³/mol. The van der Waals surface area contributed by atoms with Crippen molar-refractivity contribution < 1.29 is 5.11 Å². The number of aliphatic hydroxyl groups excluding tert-OH is 1. The first kappa shape index (κ1) is 12.9. The second-order valence-corrected chi connectivity index (χ2v) is 4.62. The molecule has 1 nitrogen and oxygen atoms in total. The summed E-state index contributed by atoms with van der Waals surface area (Å²) in [5, 5.41) is 10.1. The number of hydrogen-bond donors (Lipinski definition) is 1. The first-order valence-electron chi connectivity index (χ1n) is 5.83. The standard InChI is InChI=1S/C16H15ClO/c1-12-3-2-4-14(16(12)11-18)8-5-13-6-9-15(17)10-7-13/h2-10,18H,11H2,1H3/b8-5+. The number of aliphatic hydroxyl groups is 1. The van der Waals surface area contributed by atoms with Gasteiger partial charge in [-0.3, -0.25) is 0 Å². The van der Waals surface area contributed by atoms with Crippen LogP contribution in [-0.4, -0.2) is 5.11 Å². The fourth-order valence-electron chi connectivity index (χ4n) is 1.86. The van der Waals surface area contributed by atoms with Crippen molar-refractivity contribution in [3.8, 4) is 0 Å². The summed E-state index contributed by atoms with van der Waals surface area (Å²) in [6, 6.07) is 13.7. The van der Waals surface area contributed by atoms with Crippen molar-refractivity contribution >= 4 is 23.8 Å². The Morgan fingerprint density at radius 2 is 1.78 bits per heavy atom. The van der Waals surface area contributed by atoms with Gasteiger partial charge in [-0.05, 0) is 41.3 Å². The van der Waals surface area contributed by atoms with Gasteiger partial charge >= 0.3 is 0 Å². The highest BCUT2D eigenvalue weighted by Crippen LogP contribution is 2.18. The van der Waals surface area contributed by atoms with Crippen molar-refractivity contribution in [3.05, 3.63) is 69.7 Å². The molecule has 0 aliphatic carbocycles. The van der Waals surface area contributed by atoms with Crippen molar-refractivity contribution in [3.63, 3.8) is 0 Å². The Morgan fingerprint density at radius 1 is 1.06 bits per heavy atom. The molecule has 0 aromatic heterocycles. The molecule has 0 amide bonds. The van der Waals surface area contributed by atoms with Crippen LogP contribution >= 0.6 is 11.6 Å². The Morgan fingerprint density at radius 3 is 2.44 bits per heavy atom. The highest BCUT2D eigenvalue weighted by Gasteiger charge is 2.00. The molecule has 0 aliphatic rings. The van der Waals surface area contributed by atoms with E-state index in [0.29, 0.717) is 0 Å². The summed E-state index contributed by atoms with van der Waals surface area (Å²) in [5.41, 5.74) is 4.22. The van der Waals surface area contributed by atoms with Gasteiger partial charge in [0.1, 0.15) is 0 Å². The van der Waals surface area contributed by atoms with Crippen molar-refractivity contribution in [2.45, 2.75) is 13.5 Å². The maximum Gasteiger partial charge on any atom is 0.0690 e. The third kappa shape index (κ3) is 3.00. The summed E-state index contributed by atoms with van der Waals surface area (Å²) in [5.74, 6) is 0. The maximum absolute atomic E-state index is 9.38. The monoisotopic (exact) mass is 258 g/mol. The summed E-state index contributed by atoms with van der Waals surface area (Å²) >= 11 is 5.84. The van der Waals surface area contributed by atoms with E-state index in [4.69, 9.17) is 11.6 Å². The minimum absolute atomic E-state index is 0.0625. The van der Waals surface area contributed by atoms with E-state index in [1.807, 2.05) is 61.5 Å². The van der Waals surface area contributed by atoms with Gasteiger partial charge in [0.05, 0.1) is 6.61 Å².